The van der Waals surface area contributed by atoms with Crippen LogP contribution in [0.5, 0.6) is 0 Å². The summed E-state index contributed by atoms with van der Waals surface area (Å²) in [5.74, 6) is 0.383. The van der Waals surface area contributed by atoms with E-state index in [4.69, 9.17) is 5.73 Å². The summed E-state index contributed by atoms with van der Waals surface area (Å²) >= 11 is 0. The minimum absolute atomic E-state index is 0.0325. The molecule has 0 radical (unpaired) electrons. The molecule has 0 saturated heterocycles. The van der Waals surface area contributed by atoms with E-state index in [1.807, 2.05) is 34.6 Å². The van der Waals surface area contributed by atoms with Gasteiger partial charge in [-0.3, -0.25) is 0 Å². The number of rotatable bonds is 6. The molecule has 5 heteroatoms. The lowest BCUT2D eigenvalue weighted by Crippen LogP contribution is -2.44. The molecule has 4 nitrogen and oxygen atoms in total. The summed E-state index contributed by atoms with van der Waals surface area (Å²) in [6.45, 7) is 10.4. The van der Waals surface area contributed by atoms with Crippen LogP contribution in [0.15, 0.2) is 0 Å². The van der Waals surface area contributed by atoms with E-state index in [-0.39, 0.29) is 23.1 Å². The van der Waals surface area contributed by atoms with Crippen molar-refractivity contribution >= 4 is 10.0 Å². The van der Waals surface area contributed by atoms with Crippen LogP contribution >= 0.6 is 0 Å². The SMILES string of the molecule is CC(C)C(CN)NS(=O)(=O)CCC(C)(C)C. The molecule has 0 heterocycles. The standard InChI is InChI=1S/C11H26N2O2S/c1-9(2)10(8-12)13-16(14,15)7-6-11(3,4)5/h9-10,13H,6-8,12H2,1-5H3. The molecule has 0 amide bonds. The maximum atomic E-state index is 11.8. The zero-order valence-corrected chi connectivity index (χ0v) is 11.9. The third-order valence-corrected chi connectivity index (χ3v) is 3.91. The first kappa shape index (κ1) is 15.9. The first-order valence-electron chi connectivity index (χ1n) is 5.77. The molecule has 0 aromatic carbocycles. The topological polar surface area (TPSA) is 72.2 Å². The third kappa shape index (κ3) is 7.19. The lowest BCUT2D eigenvalue weighted by atomic mass is 9.94. The van der Waals surface area contributed by atoms with Gasteiger partial charge in [0.15, 0.2) is 0 Å². The van der Waals surface area contributed by atoms with Crippen molar-refractivity contribution in [2.45, 2.75) is 47.1 Å². The molecule has 0 aromatic heterocycles. The first-order chi connectivity index (χ1) is 7.07. The average Bonchev–Trinajstić information content (AvgIpc) is 2.10. The molecule has 0 saturated carbocycles. The van der Waals surface area contributed by atoms with E-state index in [1.54, 1.807) is 0 Å². The van der Waals surface area contributed by atoms with Crippen molar-refractivity contribution in [3.05, 3.63) is 0 Å². The Morgan fingerprint density at radius 3 is 2.06 bits per heavy atom. The van der Waals surface area contributed by atoms with E-state index in [2.05, 4.69) is 4.72 Å². The van der Waals surface area contributed by atoms with Gasteiger partial charge in [-0.15, -0.1) is 0 Å². The van der Waals surface area contributed by atoms with E-state index in [1.165, 1.54) is 0 Å². The van der Waals surface area contributed by atoms with Crippen molar-refractivity contribution in [3.8, 4) is 0 Å². The van der Waals surface area contributed by atoms with Gasteiger partial charge < -0.3 is 5.73 Å². The summed E-state index contributed by atoms with van der Waals surface area (Å²) in [6.07, 6.45) is 0.651. The maximum absolute atomic E-state index is 11.8. The van der Waals surface area contributed by atoms with E-state index >= 15 is 0 Å². The lowest BCUT2D eigenvalue weighted by molar-refractivity contribution is 0.393. The zero-order chi connectivity index (χ0) is 13.0. The Hall–Kier alpha value is -0.130. The molecule has 98 valence electrons. The molecule has 0 aliphatic rings. The average molecular weight is 250 g/mol. The fourth-order valence-electron chi connectivity index (χ4n) is 1.19. The van der Waals surface area contributed by atoms with Gasteiger partial charge >= 0.3 is 0 Å². The van der Waals surface area contributed by atoms with Crippen LogP contribution in [0.1, 0.15) is 41.0 Å². The Morgan fingerprint density at radius 1 is 1.25 bits per heavy atom. The normalized spacial score (nSPS) is 15.4. The molecule has 0 aliphatic heterocycles. The van der Waals surface area contributed by atoms with E-state index in [9.17, 15) is 8.42 Å². The minimum atomic E-state index is -3.20. The van der Waals surface area contributed by atoms with Gasteiger partial charge in [0.1, 0.15) is 0 Å². The van der Waals surface area contributed by atoms with E-state index in [0.29, 0.717) is 13.0 Å². The lowest BCUT2D eigenvalue weighted by Gasteiger charge is -2.22. The number of hydrogen-bond donors (Lipinski definition) is 2. The fraction of sp³-hybridized carbons (Fsp3) is 1.00. The van der Waals surface area contributed by atoms with Crippen LogP contribution in [0.25, 0.3) is 0 Å². The number of nitrogens with two attached hydrogens (primary N) is 1. The van der Waals surface area contributed by atoms with E-state index in [0.717, 1.165) is 0 Å². The van der Waals surface area contributed by atoms with Crippen LogP contribution < -0.4 is 10.5 Å². The molecule has 0 aromatic rings. The molecule has 0 bridgehead atoms. The summed E-state index contributed by atoms with van der Waals surface area (Å²) in [7, 11) is -3.20. The fourth-order valence-corrected chi connectivity index (χ4v) is 3.02. The number of sulfonamides is 1. The van der Waals surface area contributed by atoms with Crippen LogP contribution in [-0.4, -0.2) is 26.8 Å². The molecule has 0 aliphatic carbocycles. The highest BCUT2D eigenvalue weighted by Gasteiger charge is 2.21. The Labute approximate surface area is 100 Å². The smallest absolute Gasteiger partial charge is 0.211 e. The molecule has 1 atom stereocenters. The molecule has 3 N–H and O–H groups in total. The van der Waals surface area contributed by atoms with Crippen molar-refractivity contribution in [2.24, 2.45) is 17.1 Å². The van der Waals surface area contributed by atoms with Crippen LogP contribution in [-0.2, 0) is 10.0 Å². The molecule has 0 spiro atoms. The molecule has 0 fully saturated rings. The van der Waals surface area contributed by atoms with Gasteiger partial charge in [-0.05, 0) is 17.8 Å². The minimum Gasteiger partial charge on any atom is -0.329 e. The summed E-state index contributed by atoms with van der Waals surface area (Å²) in [5.41, 5.74) is 5.57. The molecule has 1 unspecified atom stereocenters. The van der Waals surface area contributed by atoms with Crippen molar-refractivity contribution < 1.29 is 8.42 Å². The summed E-state index contributed by atoms with van der Waals surface area (Å²) in [6, 6.07) is -0.162. The Morgan fingerprint density at radius 2 is 1.75 bits per heavy atom. The van der Waals surface area contributed by atoms with Crippen molar-refractivity contribution in [2.75, 3.05) is 12.3 Å². The largest absolute Gasteiger partial charge is 0.329 e. The zero-order valence-electron chi connectivity index (χ0n) is 11.1. The Bertz CT molecular complexity index is 292. The highest BCUT2D eigenvalue weighted by atomic mass is 32.2. The monoisotopic (exact) mass is 250 g/mol. The molecular weight excluding hydrogens is 224 g/mol. The highest BCUT2D eigenvalue weighted by Crippen LogP contribution is 2.19. The highest BCUT2D eigenvalue weighted by molar-refractivity contribution is 7.89. The first-order valence-corrected chi connectivity index (χ1v) is 7.43. The maximum Gasteiger partial charge on any atom is 0.211 e. The third-order valence-electron chi connectivity index (χ3n) is 2.51. The Kier molecular flexibility index (Phi) is 5.93. The predicted octanol–water partition coefficient (Wildman–Crippen LogP) is 1.33. The van der Waals surface area contributed by atoms with Gasteiger partial charge in [-0.2, -0.15) is 0 Å². The van der Waals surface area contributed by atoms with Crippen LogP contribution in [0, 0.1) is 11.3 Å². The van der Waals surface area contributed by atoms with Crippen LogP contribution in [0.2, 0.25) is 0 Å². The van der Waals surface area contributed by atoms with Gasteiger partial charge in [0.25, 0.3) is 0 Å². The number of nitrogens with one attached hydrogen (secondary N) is 1. The van der Waals surface area contributed by atoms with E-state index < -0.39 is 10.0 Å². The van der Waals surface area contributed by atoms with Crippen LogP contribution in [0.4, 0.5) is 0 Å². The summed E-state index contributed by atoms with van der Waals surface area (Å²) < 4.78 is 26.2. The second-order valence-electron chi connectivity index (χ2n) is 5.83. The van der Waals surface area contributed by atoms with Gasteiger partial charge in [-0.1, -0.05) is 34.6 Å². The quantitative estimate of drug-likeness (QED) is 0.747. The predicted molar refractivity (Wildman–Crippen MR) is 68.7 cm³/mol. The molecule has 16 heavy (non-hydrogen) atoms. The molecular formula is C11H26N2O2S. The Balaban J connectivity index is 4.35. The van der Waals surface area contributed by atoms with Gasteiger partial charge in [0.05, 0.1) is 5.75 Å². The van der Waals surface area contributed by atoms with Gasteiger partial charge in [0.2, 0.25) is 10.0 Å². The number of hydrogen-bond acceptors (Lipinski definition) is 3. The van der Waals surface area contributed by atoms with Crippen LogP contribution in [0.3, 0.4) is 0 Å². The second kappa shape index (κ2) is 5.98. The van der Waals surface area contributed by atoms with Crippen molar-refractivity contribution in [1.29, 1.82) is 0 Å². The second-order valence-corrected chi connectivity index (χ2v) is 7.71. The van der Waals surface area contributed by atoms with Crippen molar-refractivity contribution in [3.63, 3.8) is 0 Å². The van der Waals surface area contributed by atoms with Gasteiger partial charge in [0, 0.05) is 12.6 Å². The summed E-state index contributed by atoms with van der Waals surface area (Å²) in [4.78, 5) is 0. The summed E-state index contributed by atoms with van der Waals surface area (Å²) in [5, 5.41) is 0. The van der Waals surface area contributed by atoms with Crippen molar-refractivity contribution in [1.82, 2.24) is 4.72 Å². The molecule has 0 rings (SSSR count). The van der Waals surface area contributed by atoms with Gasteiger partial charge in [-0.25, -0.2) is 13.1 Å².